The molecule has 2 nitrogen and oxygen atoms in total. The summed E-state index contributed by atoms with van der Waals surface area (Å²) in [6.07, 6.45) is 8.96. The second-order valence-electron chi connectivity index (χ2n) is 6.28. The molecule has 5 atom stereocenters. The zero-order valence-corrected chi connectivity index (χ0v) is 9.49. The molecule has 5 unspecified atom stereocenters. The number of nitrogens with one attached hydrogen (secondary N) is 1. The van der Waals surface area contributed by atoms with Crippen LogP contribution >= 0.6 is 0 Å². The summed E-state index contributed by atoms with van der Waals surface area (Å²) in [7, 11) is 0. The van der Waals surface area contributed by atoms with Crippen molar-refractivity contribution in [3.05, 3.63) is 0 Å². The minimum atomic E-state index is 0.860. The van der Waals surface area contributed by atoms with E-state index >= 15 is 0 Å². The number of rotatable bonds is 1. The van der Waals surface area contributed by atoms with Crippen LogP contribution in [-0.4, -0.2) is 36.1 Å². The van der Waals surface area contributed by atoms with Gasteiger partial charge in [-0.15, -0.1) is 0 Å². The van der Waals surface area contributed by atoms with E-state index < -0.39 is 0 Å². The van der Waals surface area contributed by atoms with E-state index in [1.165, 1.54) is 51.6 Å². The fourth-order valence-corrected chi connectivity index (χ4v) is 4.73. The molecule has 5 rings (SSSR count). The summed E-state index contributed by atoms with van der Waals surface area (Å²) in [6.45, 7) is 2.75. The maximum Gasteiger partial charge on any atom is 0.0153 e. The number of hydrogen-bond donors (Lipinski definition) is 1. The Balaban J connectivity index is 1.53. The smallest absolute Gasteiger partial charge is 0.0153 e. The van der Waals surface area contributed by atoms with E-state index in [0.29, 0.717) is 0 Å². The molecule has 0 amide bonds. The molecule has 84 valence electrons. The molecule has 5 aliphatic rings. The van der Waals surface area contributed by atoms with Gasteiger partial charge in [-0.2, -0.15) is 0 Å². The standard InChI is InChI=1S/C13H22N2/c1-4-12-5-9(1)8-15(12)13-6-11-3-2-10(13)7-14-11/h9-14H,1-8H2. The Kier molecular flexibility index (Phi) is 1.92. The summed E-state index contributed by atoms with van der Waals surface area (Å²) in [5.74, 6) is 2.05. The van der Waals surface area contributed by atoms with Gasteiger partial charge >= 0.3 is 0 Å². The average molecular weight is 206 g/mol. The average Bonchev–Trinajstić information content (AvgIpc) is 2.92. The van der Waals surface area contributed by atoms with Crippen LogP contribution in [0, 0.1) is 11.8 Å². The Morgan fingerprint density at radius 1 is 1.00 bits per heavy atom. The fraction of sp³-hybridized carbons (Fsp3) is 1.00. The molecule has 2 aliphatic carbocycles. The third-order valence-corrected chi connectivity index (χ3v) is 5.50. The molecule has 2 saturated carbocycles. The van der Waals surface area contributed by atoms with Crippen LogP contribution in [0.1, 0.15) is 38.5 Å². The summed E-state index contributed by atoms with van der Waals surface area (Å²) in [5, 5.41) is 3.69. The molecule has 0 aromatic heterocycles. The van der Waals surface area contributed by atoms with Crippen LogP contribution in [0.4, 0.5) is 0 Å². The molecule has 3 saturated heterocycles. The highest BCUT2D eigenvalue weighted by Gasteiger charge is 2.46. The molecule has 2 heteroatoms. The van der Waals surface area contributed by atoms with Crippen molar-refractivity contribution in [2.75, 3.05) is 13.1 Å². The first-order valence-electron chi connectivity index (χ1n) is 6.89. The van der Waals surface area contributed by atoms with Crippen molar-refractivity contribution in [1.29, 1.82) is 0 Å². The predicted octanol–water partition coefficient (Wildman–Crippen LogP) is 1.61. The lowest BCUT2D eigenvalue weighted by atomic mass is 9.76. The van der Waals surface area contributed by atoms with Crippen molar-refractivity contribution in [3.63, 3.8) is 0 Å². The van der Waals surface area contributed by atoms with Gasteiger partial charge in [-0.3, -0.25) is 4.90 Å². The molecular weight excluding hydrogens is 184 g/mol. The van der Waals surface area contributed by atoms with E-state index in [9.17, 15) is 0 Å². The molecule has 1 N–H and O–H groups in total. The monoisotopic (exact) mass is 206 g/mol. The summed E-state index contributed by atoms with van der Waals surface area (Å²) >= 11 is 0. The van der Waals surface area contributed by atoms with Gasteiger partial charge in [0.15, 0.2) is 0 Å². The van der Waals surface area contributed by atoms with Gasteiger partial charge in [0, 0.05) is 24.7 Å². The van der Waals surface area contributed by atoms with E-state index in [1.807, 2.05) is 0 Å². The molecule has 0 spiro atoms. The van der Waals surface area contributed by atoms with E-state index in [-0.39, 0.29) is 0 Å². The van der Waals surface area contributed by atoms with Crippen molar-refractivity contribution in [2.45, 2.75) is 56.7 Å². The van der Waals surface area contributed by atoms with E-state index in [1.54, 1.807) is 0 Å². The number of piperidine rings is 3. The summed E-state index contributed by atoms with van der Waals surface area (Å²) in [6, 6.07) is 2.80. The molecule has 3 heterocycles. The molecule has 0 aromatic rings. The summed E-state index contributed by atoms with van der Waals surface area (Å²) < 4.78 is 0. The van der Waals surface area contributed by atoms with Gasteiger partial charge in [-0.1, -0.05) is 0 Å². The van der Waals surface area contributed by atoms with Gasteiger partial charge < -0.3 is 5.32 Å². The van der Waals surface area contributed by atoms with Crippen molar-refractivity contribution in [3.8, 4) is 0 Å². The van der Waals surface area contributed by atoms with Gasteiger partial charge in [0.1, 0.15) is 0 Å². The lowest BCUT2D eigenvalue weighted by molar-refractivity contribution is 0.0345. The Labute approximate surface area is 92.4 Å². The zero-order valence-electron chi connectivity index (χ0n) is 9.49. The fourth-order valence-electron chi connectivity index (χ4n) is 4.73. The number of fused-ring (bicyclic) bond motifs is 5. The highest BCUT2D eigenvalue weighted by molar-refractivity contribution is 5.02. The Bertz CT molecular complexity index is 257. The predicted molar refractivity (Wildman–Crippen MR) is 60.8 cm³/mol. The normalized spacial score (nSPS) is 54.0. The van der Waals surface area contributed by atoms with E-state index in [2.05, 4.69) is 10.2 Å². The van der Waals surface area contributed by atoms with Crippen LogP contribution in [0.3, 0.4) is 0 Å². The molecule has 5 fully saturated rings. The van der Waals surface area contributed by atoms with Crippen molar-refractivity contribution < 1.29 is 0 Å². The number of nitrogens with zero attached hydrogens (tertiary/aromatic N) is 1. The Hall–Kier alpha value is -0.0800. The highest BCUT2D eigenvalue weighted by atomic mass is 15.2. The van der Waals surface area contributed by atoms with E-state index in [4.69, 9.17) is 0 Å². The van der Waals surface area contributed by atoms with Crippen molar-refractivity contribution in [1.82, 2.24) is 10.2 Å². The van der Waals surface area contributed by atoms with Crippen LogP contribution in [-0.2, 0) is 0 Å². The molecular formula is C13H22N2. The van der Waals surface area contributed by atoms with Gasteiger partial charge in [-0.25, -0.2) is 0 Å². The summed E-state index contributed by atoms with van der Waals surface area (Å²) in [4.78, 5) is 2.91. The lowest BCUT2D eigenvalue weighted by Gasteiger charge is -2.49. The van der Waals surface area contributed by atoms with Crippen LogP contribution in [0.25, 0.3) is 0 Å². The van der Waals surface area contributed by atoms with Gasteiger partial charge in [0.25, 0.3) is 0 Å². The topological polar surface area (TPSA) is 15.3 Å². The van der Waals surface area contributed by atoms with Gasteiger partial charge in [0.05, 0.1) is 0 Å². The second-order valence-corrected chi connectivity index (χ2v) is 6.28. The van der Waals surface area contributed by atoms with Crippen molar-refractivity contribution in [2.24, 2.45) is 11.8 Å². The largest absolute Gasteiger partial charge is 0.314 e. The Morgan fingerprint density at radius 3 is 2.53 bits per heavy atom. The van der Waals surface area contributed by atoms with Crippen LogP contribution in [0.2, 0.25) is 0 Å². The van der Waals surface area contributed by atoms with E-state index in [0.717, 1.165) is 30.0 Å². The highest BCUT2D eigenvalue weighted by Crippen LogP contribution is 2.43. The lowest BCUT2D eigenvalue weighted by Crippen LogP contribution is -2.58. The first-order chi connectivity index (χ1) is 7.40. The first-order valence-corrected chi connectivity index (χ1v) is 6.89. The third kappa shape index (κ3) is 1.31. The quantitative estimate of drug-likeness (QED) is 0.701. The molecule has 4 bridgehead atoms. The molecule has 0 aromatic carbocycles. The van der Waals surface area contributed by atoms with Crippen LogP contribution in [0.15, 0.2) is 0 Å². The SMILES string of the molecule is C1CC2CC1CN2C1CC2CCC1CN2. The Morgan fingerprint density at radius 2 is 2.00 bits per heavy atom. The second kappa shape index (κ2) is 3.21. The van der Waals surface area contributed by atoms with Crippen LogP contribution in [0.5, 0.6) is 0 Å². The maximum absolute atomic E-state index is 3.69. The third-order valence-electron chi connectivity index (χ3n) is 5.50. The van der Waals surface area contributed by atoms with Gasteiger partial charge in [0.2, 0.25) is 0 Å². The van der Waals surface area contributed by atoms with Crippen molar-refractivity contribution >= 4 is 0 Å². The number of hydrogen-bond acceptors (Lipinski definition) is 2. The zero-order chi connectivity index (χ0) is 9.83. The summed E-state index contributed by atoms with van der Waals surface area (Å²) in [5.41, 5.74) is 0. The minimum absolute atomic E-state index is 0.860. The number of likely N-dealkylation sites (tertiary alicyclic amines) is 1. The first kappa shape index (κ1) is 9.00. The molecule has 15 heavy (non-hydrogen) atoms. The molecule has 3 aliphatic heterocycles. The molecule has 0 radical (unpaired) electrons. The van der Waals surface area contributed by atoms with Crippen LogP contribution < -0.4 is 5.32 Å². The maximum atomic E-state index is 3.69. The van der Waals surface area contributed by atoms with Gasteiger partial charge in [-0.05, 0) is 56.9 Å². The minimum Gasteiger partial charge on any atom is -0.314 e.